The van der Waals surface area contributed by atoms with E-state index in [0.29, 0.717) is 49.9 Å². The number of hydrogen-bond donors (Lipinski definition) is 13. The minimum absolute atomic E-state index is 0.00279. The number of phosphoric acid groups is 3. The van der Waals surface area contributed by atoms with E-state index in [1.165, 1.54) is 67.4 Å². The molecule has 6 rings (SSSR count). The molecular formula is C44H53N8O25P3S6. The molecular weight excluding hydrogens is 1330 g/mol. The molecule has 2 aromatic carbocycles. The van der Waals surface area contributed by atoms with Crippen LogP contribution >= 0.6 is 66.6 Å². The Morgan fingerprint density at radius 2 is 1.59 bits per heavy atom. The predicted octanol–water partition coefficient (Wildman–Crippen LogP) is 4.54. The van der Waals surface area contributed by atoms with Crippen LogP contribution in [0.2, 0.25) is 0 Å². The second-order valence-electron chi connectivity index (χ2n) is 17.3. The summed E-state index contributed by atoms with van der Waals surface area (Å²) in [6.07, 6.45) is -1.56. The molecule has 0 radical (unpaired) electrons. The zero-order valence-electron chi connectivity index (χ0n) is 44.2. The molecule has 86 heavy (non-hydrogen) atoms. The molecule has 0 saturated carbocycles. The number of phosphoric ester groups is 1. The van der Waals surface area contributed by atoms with E-state index >= 15 is 0 Å². The number of carbonyl (C=O) groups excluding carboxylic acids is 2. The van der Waals surface area contributed by atoms with E-state index in [1.54, 1.807) is 0 Å². The highest BCUT2D eigenvalue weighted by atomic mass is 33.1. The SMILES string of the molecule is CCSSCO[C@@H]1C[C@H](n2cc(C#CCNC(=O)NCCCCCOCSSCCNC(=O)c3ccc(C(=O)O)c(-c4c5ccc(=N)c(S(=O)(=O)O)c-5oc5c(S(=O)(=O)O)c(N)ccc45)c3)c(N)nc2=O)O[C@@H]1OP(=O)(O)OP(=O)(O)OP(=O)(O)O. The van der Waals surface area contributed by atoms with Crippen LogP contribution in [0.15, 0.2) is 67.7 Å². The third-order valence-corrected chi connectivity index (χ3v) is 21.2. The first kappa shape index (κ1) is 70.0. The molecule has 470 valence electrons. The second-order valence-corrected chi connectivity index (χ2v) is 29.7. The Labute approximate surface area is 503 Å². The van der Waals surface area contributed by atoms with Crippen LogP contribution in [0.5, 0.6) is 0 Å². The first-order chi connectivity index (χ1) is 40.3. The number of benzene rings is 3. The maximum atomic E-state index is 13.4. The largest absolute Gasteiger partial charge is 0.490 e. The molecule has 5 atom stereocenters. The fourth-order valence-corrected chi connectivity index (χ4v) is 15.4. The normalized spacial score (nSPS) is 16.9. The highest BCUT2D eigenvalue weighted by Gasteiger charge is 2.47. The summed E-state index contributed by atoms with van der Waals surface area (Å²) in [4.78, 5) is 90.3. The smallest absolute Gasteiger partial charge is 0.478 e. The van der Waals surface area contributed by atoms with Gasteiger partial charge < -0.3 is 70.7 Å². The zero-order valence-corrected chi connectivity index (χ0v) is 51.7. The molecule has 0 spiro atoms. The highest BCUT2D eigenvalue weighted by Crippen LogP contribution is 2.67. The standard InChI is InChI=1S/C44H53N8O25P3S6/c1-2-81-84-23-72-32-20-33(73-42(32)75-79(61,62)77-80(63,64)76-78(58,59)60)52-21-25(39(47)51-44(52)57)7-6-15-50-43(56)49-14-4-3-5-17-71-22-83-82-18-16-48-40(53)24-8-9-26(41(54)55)29(19-24)34-27-10-12-30(45)37(85(65,66)67)35(27)74-36-28(34)11-13-31(46)38(36)86(68,69)70/h8-13,19,21,32-33,42,45H,2-5,14-18,20,22-23,46H2,1H3,(H,48,53)(H,54,55)(H,61,62)(H,63,64)(H2,47,51,57)(H2,49,50,56)(H2,58,59,60)(H,65,66,67)(H,68,69,70)/t32-,33-,42-/m1/s1. The van der Waals surface area contributed by atoms with E-state index in [-0.39, 0.29) is 64.5 Å². The molecule has 15 N–H and O–H groups in total. The lowest BCUT2D eigenvalue weighted by Gasteiger charge is -2.22. The number of nitrogens with zero attached hydrogens (tertiary/aromatic N) is 2. The van der Waals surface area contributed by atoms with Gasteiger partial charge in [-0.3, -0.25) is 28.4 Å². The van der Waals surface area contributed by atoms with Crippen LogP contribution in [0.3, 0.4) is 0 Å². The monoisotopic (exact) mass is 1380 g/mol. The Morgan fingerprint density at radius 3 is 2.28 bits per heavy atom. The fraction of sp³-hybridized carbons (Fsp3) is 0.364. The van der Waals surface area contributed by atoms with E-state index < -0.39 is 124 Å². The number of aromatic nitrogens is 2. The van der Waals surface area contributed by atoms with Gasteiger partial charge in [0.1, 0.15) is 30.0 Å². The van der Waals surface area contributed by atoms with Gasteiger partial charge in [0.05, 0.1) is 28.7 Å². The fourth-order valence-electron chi connectivity index (χ4n) is 7.88. The van der Waals surface area contributed by atoms with Crippen molar-refractivity contribution in [2.45, 2.75) is 61.0 Å². The summed E-state index contributed by atoms with van der Waals surface area (Å²) in [5.41, 5.74) is 8.42. The van der Waals surface area contributed by atoms with Gasteiger partial charge in [-0.25, -0.2) is 28.1 Å². The van der Waals surface area contributed by atoms with Crippen LogP contribution in [-0.4, -0.2) is 140 Å². The number of rotatable bonds is 30. The summed E-state index contributed by atoms with van der Waals surface area (Å²) in [6, 6.07) is 7.39. The number of carboxylic acid groups (broad SMARTS) is 1. The van der Waals surface area contributed by atoms with Crippen molar-refractivity contribution >= 4 is 127 Å². The lowest BCUT2D eigenvalue weighted by molar-refractivity contribution is -0.141. The highest BCUT2D eigenvalue weighted by molar-refractivity contribution is 8.77. The molecule has 0 bridgehead atoms. The van der Waals surface area contributed by atoms with E-state index in [4.69, 9.17) is 49.8 Å². The minimum atomic E-state index is -5.87. The van der Waals surface area contributed by atoms with Gasteiger partial charge in [0.2, 0.25) is 0 Å². The van der Waals surface area contributed by atoms with Crippen molar-refractivity contribution in [3.8, 4) is 34.3 Å². The van der Waals surface area contributed by atoms with Crippen LogP contribution in [0.25, 0.3) is 33.4 Å². The van der Waals surface area contributed by atoms with Gasteiger partial charge in [0.25, 0.3) is 26.1 Å². The van der Waals surface area contributed by atoms with E-state index in [2.05, 4.69) is 41.4 Å². The second kappa shape index (κ2) is 30.4. The number of carboxylic acids is 1. The van der Waals surface area contributed by atoms with Crippen LogP contribution in [0, 0.1) is 17.3 Å². The lowest BCUT2D eigenvalue weighted by Crippen LogP contribution is -2.36. The van der Waals surface area contributed by atoms with Crippen molar-refractivity contribution in [3.63, 3.8) is 0 Å². The number of carbonyl (C=O) groups is 3. The zero-order chi connectivity index (χ0) is 63.4. The lowest BCUT2D eigenvalue weighted by atomic mass is 9.89. The number of amides is 3. The van der Waals surface area contributed by atoms with Crippen molar-refractivity contribution in [2.75, 3.05) is 61.1 Å². The summed E-state index contributed by atoms with van der Waals surface area (Å²) >= 11 is 0. The number of ether oxygens (including phenoxy) is 3. The molecule has 1 fully saturated rings. The first-order valence-electron chi connectivity index (χ1n) is 24.3. The van der Waals surface area contributed by atoms with Gasteiger partial charge in [-0.15, -0.1) is 0 Å². The molecule has 42 heteroatoms. The van der Waals surface area contributed by atoms with Crippen molar-refractivity contribution in [1.82, 2.24) is 25.5 Å². The number of aromatic carboxylic acids is 1. The Kier molecular flexibility index (Phi) is 24.7. The number of nitrogens with two attached hydrogens (primary N) is 2. The average Bonchev–Trinajstić information content (AvgIpc) is 0.866. The first-order valence-corrected chi connectivity index (χ1v) is 36.7. The summed E-state index contributed by atoms with van der Waals surface area (Å²) in [5, 5.41) is 25.4. The predicted molar refractivity (Wildman–Crippen MR) is 312 cm³/mol. The van der Waals surface area contributed by atoms with Crippen molar-refractivity contribution in [2.24, 2.45) is 0 Å². The number of unbranched alkanes of at least 4 members (excludes halogenated alkanes) is 2. The topological polar surface area (TPSA) is 528 Å². The Bertz CT molecular complexity index is 3900. The summed E-state index contributed by atoms with van der Waals surface area (Å²) in [6.45, 7) is 2.53. The van der Waals surface area contributed by atoms with E-state index in [0.717, 1.165) is 29.0 Å². The summed E-state index contributed by atoms with van der Waals surface area (Å²) in [7, 11) is -22.3. The Hall–Kier alpha value is -5.11. The molecule has 2 unspecified atom stereocenters. The third-order valence-electron chi connectivity index (χ3n) is 11.3. The van der Waals surface area contributed by atoms with Crippen molar-refractivity contribution in [1.29, 1.82) is 5.41 Å². The maximum Gasteiger partial charge on any atom is 0.490 e. The van der Waals surface area contributed by atoms with Gasteiger partial charge in [0.15, 0.2) is 27.4 Å². The van der Waals surface area contributed by atoms with Crippen LogP contribution in [0.4, 0.5) is 16.3 Å². The Morgan fingerprint density at radius 1 is 0.872 bits per heavy atom. The van der Waals surface area contributed by atoms with Gasteiger partial charge in [-0.05, 0) is 67.3 Å². The molecule has 2 aliphatic heterocycles. The average molecular weight is 1380 g/mol. The molecule has 3 aliphatic rings. The van der Waals surface area contributed by atoms with Crippen molar-refractivity contribution in [3.05, 3.63) is 81.2 Å². The molecule has 3 amide bonds. The molecule has 33 nitrogen and oxygen atoms in total. The minimum Gasteiger partial charge on any atom is -0.478 e. The number of nitrogens with one attached hydrogen (secondary N) is 4. The van der Waals surface area contributed by atoms with Gasteiger partial charge in [-0.2, -0.15) is 30.4 Å². The molecule has 1 aliphatic carbocycles. The van der Waals surface area contributed by atoms with Crippen LogP contribution in [-0.2, 0) is 61.3 Å². The van der Waals surface area contributed by atoms with Crippen LogP contribution < -0.4 is 38.5 Å². The molecule has 3 aromatic rings. The molecule has 1 saturated heterocycles. The number of urea groups is 1. The number of fused-ring (bicyclic) bond motifs is 2. The Balaban J connectivity index is 0.922. The van der Waals surface area contributed by atoms with Gasteiger partial charge in [-0.1, -0.05) is 61.9 Å². The van der Waals surface area contributed by atoms with Gasteiger partial charge in [0, 0.05) is 65.9 Å². The summed E-state index contributed by atoms with van der Waals surface area (Å²) in [5.74, 6) is 3.46. The maximum absolute atomic E-state index is 13.4. The van der Waals surface area contributed by atoms with Gasteiger partial charge >= 0.3 is 41.2 Å². The third kappa shape index (κ3) is 19.7. The summed E-state index contributed by atoms with van der Waals surface area (Å²) < 4.78 is 142. The van der Waals surface area contributed by atoms with E-state index in [1.807, 2.05) is 6.92 Å². The van der Waals surface area contributed by atoms with Crippen molar-refractivity contribution < 1.29 is 110 Å². The number of anilines is 2. The molecule has 3 heterocycles. The van der Waals surface area contributed by atoms with E-state index in [9.17, 15) is 73.7 Å². The number of hydrogen-bond acceptors (Lipinski definition) is 26. The quantitative estimate of drug-likeness (QED) is 0.00439. The van der Waals surface area contributed by atoms with Crippen LogP contribution in [0.1, 0.15) is 65.1 Å². The number of nitrogen functional groups attached to an aromatic ring is 2. The molecule has 1 aromatic heterocycles.